The summed E-state index contributed by atoms with van der Waals surface area (Å²) < 4.78 is 24.0. The van der Waals surface area contributed by atoms with E-state index in [9.17, 15) is 9.18 Å². The van der Waals surface area contributed by atoms with Gasteiger partial charge in [-0.25, -0.2) is 9.18 Å². The van der Waals surface area contributed by atoms with Crippen LogP contribution in [0.4, 0.5) is 9.18 Å². The molecule has 24 heavy (non-hydrogen) atoms. The Morgan fingerprint density at radius 1 is 1.38 bits per heavy atom. The minimum Gasteiger partial charge on any atom is -0.491 e. The molecule has 0 saturated heterocycles. The number of benzene rings is 1. The van der Waals surface area contributed by atoms with Crippen LogP contribution >= 0.6 is 0 Å². The summed E-state index contributed by atoms with van der Waals surface area (Å²) in [5.41, 5.74) is 0.305. The first-order valence-electron chi connectivity index (χ1n) is 8.26. The van der Waals surface area contributed by atoms with Gasteiger partial charge in [0.1, 0.15) is 23.8 Å². The van der Waals surface area contributed by atoms with Gasteiger partial charge in [0.2, 0.25) is 0 Å². The Hall–Kier alpha value is -1.82. The van der Waals surface area contributed by atoms with Gasteiger partial charge in [-0.3, -0.25) is 0 Å². The van der Waals surface area contributed by atoms with Gasteiger partial charge in [-0.1, -0.05) is 13.0 Å². The van der Waals surface area contributed by atoms with E-state index in [0.717, 1.165) is 12.0 Å². The molecule has 0 unspecified atom stereocenters. The summed E-state index contributed by atoms with van der Waals surface area (Å²) in [5.74, 6) is 0.0433. The normalized spacial score (nSPS) is 12.6. The fourth-order valence-corrected chi connectivity index (χ4v) is 2.21. The molecule has 0 saturated carbocycles. The zero-order valence-electron chi connectivity index (χ0n) is 14.9. The van der Waals surface area contributed by atoms with Crippen molar-refractivity contribution in [1.29, 1.82) is 0 Å². The fraction of sp³-hybridized carbons (Fsp3) is 0.611. The molecule has 0 heterocycles. The van der Waals surface area contributed by atoms with E-state index in [1.54, 1.807) is 6.07 Å². The highest BCUT2D eigenvalue weighted by Crippen LogP contribution is 2.22. The van der Waals surface area contributed by atoms with Gasteiger partial charge in [-0.05, 0) is 51.7 Å². The van der Waals surface area contributed by atoms with Crippen molar-refractivity contribution >= 4 is 6.09 Å². The number of nitrogens with one attached hydrogen (secondary N) is 1. The summed E-state index contributed by atoms with van der Waals surface area (Å²) >= 11 is 0. The molecule has 1 aromatic carbocycles. The van der Waals surface area contributed by atoms with E-state index in [1.165, 1.54) is 12.1 Å². The molecule has 1 aromatic rings. The topological polar surface area (TPSA) is 67.8 Å². The van der Waals surface area contributed by atoms with E-state index in [-0.39, 0.29) is 25.1 Å². The van der Waals surface area contributed by atoms with E-state index < -0.39 is 11.7 Å². The number of amides is 1. The Labute approximate surface area is 143 Å². The molecular weight excluding hydrogens is 313 g/mol. The number of aryl methyl sites for hydroxylation is 1. The van der Waals surface area contributed by atoms with Crippen molar-refractivity contribution in [3.8, 4) is 5.75 Å². The van der Waals surface area contributed by atoms with Crippen LogP contribution < -0.4 is 10.1 Å². The van der Waals surface area contributed by atoms with Crippen LogP contribution in [0.25, 0.3) is 0 Å². The molecule has 1 amide bonds. The molecule has 0 aromatic heterocycles. The minimum absolute atomic E-state index is 0.0457. The third kappa shape index (κ3) is 7.64. The number of aliphatic hydroxyl groups is 1. The van der Waals surface area contributed by atoms with Crippen LogP contribution in [0.15, 0.2) is 18.2 Å². The maximum Gasteiger partial charge on any atom is 0.407 e. The van der Waals surface area contributed by atoms with Crippen LogP contribution in [0.2, 0.25) is 0 Å². The van der Waals surface area contributed by atoms with Gasteiger partial charge < -0.3 is 19.9 Å². The van der Waals surface area contributed by atoms with Gasteiger partial charge in [-0.15, -0.1) is 0 Å². The Balaban J connectivity index is 2.63. The summed E-state index contributed by atoms with van der Waals surface area (Å²) in [4.78, 5) is 11.9. The standard InChI is InChI=1S/C18H28FNO4/c1-5-15(20-17(22)24-18(2,3)4)9-7-13-6-8-14(19)12-16(13)23-11-10-21/h6,8,12,15,21H,5,7,9-11H2,1-4H3,(H,20,22)/t15-/m1/s1. The van der Waals surface area contributed by atoms with Gasteiger partial charge in [-0.2, -0.15) is 0 Å². The predicted molar refractivity (Wildman–Crippen MR) is 90.8 cm³/mol. The van der Waals surface area contributed by atoms with E-state index in [2.05, 4.69) is 5.32 Å². The molecule has 1 atom stereocenters. The zero-order chi connectivity index (χ0) is 18.2. The van der Waals surface area contributed by atoms with Crippen LogP contribution in [0, 0.1) is 5.82 Å². The molecule has 136 valence electrons. The first kappa shape index (κ1) is 20.2. The highest BCUT2D eigenvalue weighted by Gasteiger charge is 2.19. The SMILES string of the molecule is CC[C@H](CCc1ccc(F)cc1OCCO)NC(=O)OC(C)(C)C. The summed E-state index contributed by atoms with van der Waals surface area (Å²) in [6, 6.07) is 4.31. The first-order valence-corrected chi connectivity index (χ1v) is 8.26. The quantitative estimate of drug-likeness (QED) is 0.760. The molecule has 0 fully saturated rings. The van der Waals surface area contributed by atoms with Crippen LogP contribution in [0.1, 0.15) is 46.1 Å². The second kappa shape index (κ2) is 9.47. The lowest BCUT2D eigenvalue weighted by Gasteiger charge is -2.23. The third-order valence-electron chi connectivity index (χ3n) is 3.35. The van der Waals surface area contributed by atoms with E-state index >= 15 is 0 Å². The second-order valence-corrected chi connectivity index (χ2v) is 6.61. The lowest BCUT2D eigenvalue weighted by Crippen LogP contribution is -2.39. The summed E-state index contributed by atoms with van der Waals surface area (Å²) in [6.07, 6.45) is 1.62. The number of hydrogen-bond acceptors (Lipinski definition) is 4. The maximum absolute atomic E-state index is 13.4. The van der Waals surface area contributed by atoms with Crippen LogP contribution in [-0.4, -0.2) is 36.1 Å². The minimum atomic E-state index is -0.537. The van der Waals surface area contributed by atoms with Gasteiger partial charge >= 0.3 is 6.09 Å². The van der Waals surface area contributed by atoms with E-state index in [4.69, 9.17) is 14.6 Å². The molecule has 0 aliphatic carbocycles. The molecule has 0 bridgehead atoms. The number of carbonyl (C=O) groups excluding carboxylic acids is 1. The highest BCUT2D eigenvalue weighted by molar-refractivity contribution is 5.68. The van der Waals surface area contributed by atoms with E-state index in [1.807, 2.05) is 27.7 Å². The van der Waals surface area contributed by atoms with Crippen LogP contribution in [0.5, 0.6) is 5.75 Å². The van der Waals surface area contributed by atoms with Gasteiger partial charge in [0, 0.05) is 12.1 Å². The Kier molecular flexibility index (Phi) is 7.98. The van der Waals surface area contributed by atoms with Gasteiger partial charge in [0.05, 0.1) is 6.61 Å². The van der Waals surface area contributed by atoms with Crippen LogP contribution in [-0.2, 0) is 11.2 Å². The number of carbonyl (C=O) groups is 1. The van der Waals surface area contributed by atoms with Gasteiger partial charge in [0.25, 0.3) is 0 Å². The lowest BCUT2D eigenvalue weighted by atomic mass is 10.0. The average Bonchev–Trinajstić information content (AvgIpc) is 2.48. The predicted octanol–water partition coefficient (Wildman–Crippen LogP) is 3.43. The molecule has 0 aliphatic rings. The Morgan fingerprint density at radius 2 is 2.08 bits per heavy atom. The number of aliphatic hydroxyl groups excluding tert-OH is 1. The fourth-order valence-electron chi connectivity index (χ4n) is 2.21. The zero-order valence-corrected chi connectivity index (χ0v) is 14.9. The first-order chi connectivity index (χ1) is 11.2. The highest BCUT2D eigenvalue weighted by atomic mass is 19.1. The van der Waals surface area contributed by atoms with Crippen molar-refractivity contribution in [2.24, 2.45) is 0 Å². The van der Waals surface area contributed by atoms with E-state index in [0.29, 0.717) is 18.6 Å². The Bertz CT molecular complexity index is 528. The summed E-state index contributed by atoms with van der Waals surface area (Å²) in [6.45, 7) is 7.41. The number of rotatable bonds is 8. The third-order valence-corrected chi connectivity index (χ3v) is 3.35. The number of halogens is 1. The summed E-state index contributed by atoms with van der Waals surface area (Å²) in [7, 11) is 0. The molecule has 0 radical (unpaired) electrons. The summed E-state index contributed by atoms with van der Waals surface area (Å²) in [5, 5.41) is 11.7. The van der Waals surface area contributed by atoms with Crippen molar-refractivity contribution in [3.05, 3.63) is 29.6 Å². The molecular formula is C18H28FNO4. The van der Waals surface area contributed by atoms with Gasteiger partial charge in [0.15, 0.2) is 0 Å². The monoisotopic (exact) mass is 341 g/mol. The molecule has 2 N–H and O–H groups in total. The number of alkyl carbamates (subject to hydrolysis) is 1. The number of hydrogen-bond donors (Lipinski definition) is 2. The average molecular weight is 341 g/mol. The lowest BCUT2D eigenvalue weighted by molar-refractivity contribution is 0.0500. The molecule has 1 rings (SSSR count). The van der Waals surface area contributed by atoms with Crippen molar-refractivity contribution in [3.63, 3.8) is 0 Å². The molecule has 0 aliphatic heterocycles. The Morgan fingerprint density at radius 3 is 2.67 bits per heavy atom. The van der Waals surface area contributed by atoms with Crippen LogP contribution in [0.3, 0.4) is 0 Å². The smallest absolute Gasteiger partial charge is 0.407 e. The number of ether oxygens (including phenoxy) is 2. The molecule has 0 spiro atoms. The largest absolute Gasteiger partial charge is 0.491 e. The van der Waals surface area contributed by atoms with Crippen molar-refractivity contribution in [2.45, 2.75) is 58.6 Å². The van der Waals surface area contributed by atoms with Crippen molar-refractivity contribution in [2.75, 3.05) is 13.2 Å². The second-order valence-electron chi connectivity index (χ2n) is 6.61. The maximum atomic E-state index is 13.4. The van der Waals surface area contributed by atoms with Crippen molar-refractivity contribution < 1.29 is 23.8 Å². The molecule has 6 heteroatoms. The van der Waals surface area contributed by atoms with Crippen molar-refractivity contribution in [1.82, 2.24) is 5.32 Å². The molecule has 5 nitrogen and oxygen atoms in total.